The summed E-state index contributed by atoms with van der Waals surface area (Å²) in [7, 11) is 0. The summed E-state index contributed by atoms with van der Waals surface area (Å²) in [5, 5.41) is 13.5. The van der Waals surface area contributed by atoms with Gasteiger partial charge in [-0.3, -0.25) is 4.90 Å². The normalized spacial score (nSPS) is 14.2. The Morgan fingerprint density at radius 2 is 1.86 bits per heavy atom. The molecule has 1 aromatic heterocycles. The van der Waals surface area contributed by atoms with Crippen molar-refractivity contribution in [1.82, 2.24) is 14.9 Å². The van der Waals surface area contributed by atoms with Crippen molar-refractivity contribution in [2.45, 2.75) is 26.2 Å². The van der Waals surface area contributed by atoms with Gasteiger partial charge in [0.15, 0.2) is 0 Å². The lowest BCUT2D eigenvalue weighted by molar-refractivity contribution is 0.171. The molecule has 4 aromatic rings. The predicted octanol–water partition coefficient (Wildman–Crippen LogP) is 5.92. The number of aliphatic hydroxyl groups is 1. The van der Waals surface area contributed by atoms with Crippen LogP contribution in [-0.4, -0.2) is 46.2 Å². The van der Waals surface area contributed by atoms with E-state index in [0.29, 0.717) is 12.5 Å². The summed E-state index contributed by atoms with van der Waals surface area (Å²) in [6, 6.07) is 21.9. The molecule has 1 saturated heterocycles. The zero-order chi connectivity index (χ0) is 25.5. The summed E-state index contributed by atoms with van der Waals surface area (Å²) in [5.41, 5.74) is 3.77. The summed E-state index contributed by atoms with van der Waals surface area (Å²) < 4.78 is 6.02. The molecule has 2 heterocycles. The fourth-order valence-corrected chi connectivity index (χ4v) is 4.70. The fourth-order valence-electron chi connectivity index (χ4n) is 4.70. The van der Waals surface area contributed by atoms with Crippen molar-refractivity contribution >= 4 is 22.4 Å². The number of rotatable bonds is 7. The van der Waals surface area contributed by atoms with Crippen LogP contribution in [0, 0.1) is 24.7 Å². The molecule has 6 heteroatoms. The maximum atomic E-state index is 9.15. The number of ether oxygens (including phenoxy) is 1. The Morgan fingerprint density at radius 1 is 1.03 bits per heavy atom. The average Bonchev–Trinajstić information content (AvgIpc) is 2.92. The van der Waals surface area contributed by atoms with E-state index in [1.165, 1.54) is 0 Å². The number of fused-ring (bicyclic) bond motifs is 1. The van der Waals surface area contributed by atoms with Crippen LogP contribution in [0.15, 0.2) is 73.1 Å². The van der Waals surface area contributed by atoms with Gasteiger partial charge in [-0.2, -0.15) is 0 Å². The molecule has 3 aromatic carbocycles. The van der Waals surface area contributed by atoms with E-state index in [1.807, 2.05) is 61.5 Å². The molecular formula is C31H32N4O2. The summed E-state index contributed by atoms with van der Waals surface area (Å²) in [4.78, 5) is 11.3. The largest absolute Gasteiger partial charge is 0.457 e. The van der Waals surface area contributed by atoms with Crippen LogP contribution in [0.3, 0.4) is 0 Å². The quantitative estimate of drug-likeness (QED) is 0.312. The van der Waals surface area contributed by atoms with Crippen LogP contribution in [-0.2, 0) is 0 Å². The zero-order valence-corrected chi connectivity index (χ0v) is 21.2. The van der Waals surface area contributed by atoms with Gasteiger partial charge in [-0.1, -0.05) is 30.0 Å². The minimum Gasteiger partial charge on any atom is -0.457 e. The Bertz CT molecular complexity index is 1400. The molecule has 0 spiro atoms. The molecule has 0 amide bonds. The highest BCUT2D eigenvalue weighted by Crippen LogP contribution is 2.30. The number of nitrogens with one attached hydrogen (secondary N) is 1. The molecule has 0 aliphatic carbocycles. The molecule has 5 rings (SSSR count). The van der Waals surface area contributed by atoms with Gasteiger partial charge in [0.25, 0.3) is 0 Å². The van der Waals surface area contributed by atoms with E-state index >= 15 is 0 Å². The average molecular weight is 493 g/mol. The Morgan fingerprint density at radius 3 is 2.65 bits per heavy atom. The van der Waals surface area contributed by atoms with Crippen molar-refractivity contribution < 1.29 is 9.84 Å². The van der Waals surface area contributed by atoms with Gasteiger partial charge in [0.05, 0.1) is 12.1 Å². The molecule has 188 valence electrons. The lowest BCUT2D eigenvalue weighted by atomic mass is 9.94. The highest BCUT2D eigenvalue weighted by atomic mass is 16.5. The van der Waals surface area contributed by atoms with Gasteiger partial charge in [0, 0.05) is 23.2 Å². The lowest BCUT2D eigenvalue weighted by Crippen LogP contribution is -2.34. The number of aromatic nitrogens is 2. The van der Waals surface area contributed by atoms with Crippen molar-refractivity contribution in [3.63, 3.8) is 0 Å². The molecule has 1 aliphatic rings. The maximum absolute atomic E-state index is 9.15. The third kappa shape index (κ3) is 6.45. The Labute approximate surface area is 218 Å². The van der Waals surface area contributed by atoms with Crippen molar-refractivity contribution in [2.75, 3.05) is 31.6 Å². The highest BCUT2D eigenvalue weighted by molar-refractivity contribution is 5.91. The predicted molar refractivity (Wildman–Crippen MR) is 148 cm³/mol. The first-order valence-corrected chi connectivity index (χ1v) is 12.9. The Balaban J connectivity index is 1.28. The molecule has 0 radical (unpaired) electrons. The highest BCUT2D eigenvalue weighted by Gasteiger charge is 2.17. The first-order valence-electron chi connectivity index (χ1n) is 12.9. The first kappa shape index (κ1) is 24.8. The minimum atomic E-state index is 0.292. The topological polar surface area (TPSA) is 70.5 Å². The van der Waals surface area contributed by atoms with E-state index in [2.05, 4.69) is 44.2 Å². The van der Waals surface area contributed by atoms with E-state index in [-0.39, 0.29) is 0 Å². The Hall–Kier alpha value is -3.92. The molecule has 0 bridgehead atoms. The molecule has 0 unspecified atom stereocenters. The molecule has 2 N–H and O–H groups in total. The number of aryl methyl sites for hydroxylation is 1. The minimum absolute atomic E-state index is 0.292. The van der Waals surface area contributed by atoms with Gasteiger partial charge in [0.1, 0.15) is 23.6 Å². The number of piperidine rings is 1. The second-order valence-electron chi connectivity index (χ2n) is 9.51. The lowest BCUT2D eigenvalue weighted by Gasteiger charge is -2.30. The summed E-state index contributed by atoms with van der Waals surface area (Å²) in [6.07, 6.45) is 4.78. The number of nitrogens with zero attached hydrogens (tertiary/aromatic N) is 3. The third-order valence-electron chi connectivity index (χ3n) is 6.82. The standard InChI is InChI=1S/C31H32N4O2/c1-23-20-26(10-12-30(23)37-27-7-3-2-4-8-27)34-31-28-21-25(9-11-29(28)32-22-33-31)6-5-16-35-17-13-24(14-18-35)15-19-36/h2-4,7-12,20-22,24,36H,13-19H2,1H3,(H,32,33,34). The van der Waals surface area contributed by atoms with Crippen molar-refractivity contribution in [3.05, 3.63) is 84.2 Å². The van der Waals surface area contributed by atoms with E-state index in [1.54, 1.807) is 6.33 Å². The van der Waals surface area contributed by atoms with Crippen molar-refractivity contribution in [2.24, 2.45) is 5.92 Å². The SMILES string of the molecule is Cc1cc(Nc2ncnc3ccc(C#CCN4CCC(CCO)CC4)cc23)ccc1Oc1ccccc1. The fraction of sp³-hybridized carbons (Fsp3) is 0.290. The molecule has 6 nitrogen and oxygen atoms in total. The van der Waals surface area contributed by atoms with Crippen LogP contribution in [0.5, 0.6) is 11.5 Å². The van der Waals surface area contributed by atoms with Gasteiger partial charge in [-0.25, -0.2) is 9.97 Å². The second kappa shape index (κ2) is 11.9. The molecule has 1 aliphatic heterocycles. The van der Waals surface area contributed by atoms with Crippen LogP contribution < -0.4 is 10.1 Å². The van der Waals surface area contributed by atoms with E-state index in [4.69, 9.17) is 9.84 Å². The van der Waals surface area contributed by atoms with Gasteiger partial charge in [0.2, 0.25) is 0 Å². The molecule has 1 fully saturated rings. The summed E-state index contributed by atoms with van der Waals surface area (Å²) >= 11 is 0. The zero-order valence-electron chi connectivity index (χ0n) is 21.2. The first-order chi connectivity index (χ1) is 18.2. The van der Waals surface area contributed by atoms with Crippen LogP contribution >= 0.6 is 0 Å². The number of hydrogen-bond acceptors (Lipinski definition) is 6. The monoisotopic (exact) mass is 492 g/mol. The van der Waals surface area contributed by atoms with Gasteiger partial charge >= 0.3 is 0 Å². The third-order valence-corrected chi connectivity index (χ3v) is 6.82. The van der Waals surface area contributed by atoms with Crippen LogP contribution in [0.1, 0.15) is 30.4 Å². The van der Waals surface area contributed by atoms with E-state index < -0.39 is 0 Å². The van der Waals surface area contributed by atoms with Crippen molar-refractivity contribution in [1.29, 1.82) is 0 Å². The number of benzene rings is 3. The number of anilines is 2. The molecule has 0 atom stereocenters. The Kier molecular flexibility index (Phi) is 7.95. The molecule has 37 heavy (non-hydrogen) atoms. The van der Waals surface area contributed by atoms with Gasteiger partial charge < -0.3 is 15.2 Å². The van der Waals surface area contributed by atoms with E-state index in [0.717, 1.165) is 83.9 Å². The van der Waals surface area contributed by atoms with Crippen LogP contribution in [0.4, 0.5) is 11.5 Å². The van der Waals surface area contributed by atoms with Gasteiger partial charge in [-0.15, -0.1) is 0 Å². The van der Waals surface area contributed by atoms with Crippen LogP contribution in [0.25, 0.3) is 10.9 Å². The molecular weight excluding hydrogens is 460 g/mol. The second-order valence-corrected chi connectivity index (χ2v) is 9.51. The smallest absolute Gasteiger partial charge is 0.141 e. The number of aliphatic hydroxyl groups excluding tert-OH is 1. The molecule has 0 saturated carbocycles. The maximum Gasteiger partial charge on any atom is 0.141 e. The number of hydrogen-bond donors (Lipinski definition) is 2. The van der Waals surface area contributed by atoms with Crippen LogP contribution in [0.2, 0.25) is 0 Å². The van der Waals surface area contributed by atoms with E-state index in [9.17, 15) is 0 Å². The summed E-state index contributed by atoms with van der Waals surface area (Å²) in [5.74, 6) is 9.68. The number of likely N-dealkylation sites (tertiary alicyclic amines) is 1. The van der Waals surface area contributed by atoms with Crippen molar-refractivity contribution in [3.8, 4) is 23.3 Å². The van der Waals surface area contributed by atoms with Gasteiger partial charge in [-0.05, 0) is 99.3 Å². The number of para-hydroxylation sites is 1. The summed E-state index contributed by atoms with van der Waals surface area (Å²) in [6.45, 7) is 5.18.